The van der Waals surface area contributed by atoms with Gasteiger partial charge in [0, 0.05) is 16.9 Å². The van der Waals surface area contributed by atoms with Gasteiger partial charge in [-0.1, -0.05) is 35.3 Å². The van der Waals surface area contributed by atoms with E-state index < -0.39 is 0 Å². The summed E-state index contributed by atoms with van der Waals surface area (Å²) in [6.45, 7) is 3.84. The molecule has 1 amide bonds. The van der Waals surface area contributed by atoms with Crippen molar-refractivity contribution in [2.45, 2.75) is 13.8 Å². The Labute approximate surface area is 161 Å². The number of hydrogen-bond acceptors (Lipinski definition) is 4. The van der Waals surface area contributed by atoms with Crippen LogP contribution in [0.25, 0.3) is 0 Å². The number of aromatic nitrogens is 2. The Kier molecular flexibility index (Phi) is 5.40. The van der Waals surface area contributed by atoms with E-state index in [0.29, 0.717) is 21.7 Å². The SMILES string of the molecule is Cc1cc(C)c(NC(=O)c2ccnc(Nc3cccc(Cl)c3)n2)c(Cl)c1. The molecule has 0 spiro atoms. The molecule has 2 N–H and O–H groups in total. The molecule has 0 aliphatic heterocycles. The molecule has 2 aromatic carbocycles. The van der Waals surface area contributed by atoms with Crippen LogP contribution in [0.3, 0.4) is 0 Å². The number of anilines is 3. The summed E-state index contributed by atoms with van der Waals surface area (Å²) in [6.07, 6.45) is 1.51. The summed E-state index contributed by atoms with van der Waals surface area (Å²) in [6, 6.07) is 12.4. The number of carbonyl (C=O) groups excluding carboxylic acids is 1. The number of nitrogens with one attached hydrogen (secondary N) is 2. The second kappa shape index (κ2) is 7.72. The van der Waals surface area contributed by atoms with Crippen LogP contribution in [0.5, 0.6) is 0 Å². The molecule has 0 fully saturated rings. The van der Waals surface area contributed by atoms with Gasteiger partial charge in [0.2, 0.25) is 5.95 Å². The molecule has 1 aromatic heterocycles. The lowest BCUT2D eigenvalue weighted by molar-refractivity contribution is 0.102. The number of aryl methyl sites for hydroxylation is 2. The second-order valence-electron chi connectivity index (χ2n) is 5.79. The third-order valence-electron chi connectivity index (χ3n) is 3.64. The lowest BCUT2D eigenvalue weighted by atomic mass is 10.1. The lowest BCUT2D eigenvalue weighted by Gasteiger charge is -2.12. The van der Waals surface area contributed by atoms with E-state index in [4.69, 9.17) is 23.2 Å². The Morgan fingerprint density at radius 2 is 1.88 bits per heavy atom. The van der Waals surface area contributed by atoms with E-state index in [1.54, 1.807) is 18.2 Å². The maximum Gasteiger partial charge on any atom is 0.274 e. The fraction of sp³-hybridized carbons (Fsp3) is 0.105. The molecule has 0 aliphatic rings. The van der Waals surface area contributed by atoms with Crippen LogP contribution in [0.4, 0.5) is 17.3 Å². The summed E-state index contributed by atoms with van der Waals surface area (Å²) in [5.74, 6) is -0.0676. The summed E-state index contributed by atoms with van der Waals surface area (Å²) >= 11 is 12.2. The fourth-order valence-corrected chi connectivity index (χ4v) is 3.05. The molecule has 7 heteroatoms. The molecule has 132 valence electrons. The van der Waals surface area contributed by atoms with Crippen LogP contribution < -0.4 is 10.6 Å². The Balaban J connectivity index is 1.80. The molecular weight excluding hydrogens is 371 g/mol. The largest absolute Gasteiger partial charge is 0.324 e. The minimum absolute atomic E-state index is 0.223. The predicted molar refractivity (Wildman–Crippen MR) is 106 cm³/mol. The van der Waals surface area contributed by atoms with Crippen molar-refractivity contribution in [1.29, 1.82) is 0 Å². The molecule has 0 saturated carbocycles. The van der Waals surface area contributed by atoms with E-state index in [-0.39, 0.29) is 11.6 Å². The predicted octanol–water partition coefficient (Wildman–Crippen LogP) is 5.40. The highest BCUT2D eigenvalue weighted by molar-refractivity contribution is 6.34. The van der Waals surface area contributed by atoms with Crippen molar-refractivity contribution in [1.82, 2.24) is 9.97 Å². The van der Waals surface area contributed by atoms with Crippen molar-refractivity contribution in [3.8, 4) is 0 Å². The van der Waals surface area contributed by atoms with Gasteiger partial charge in [-0.05, 0) is 55.3 Å². The fourth-order valence-electron chi connectivity index (χ4n) is 2.49. The van der Waals surface area contributed by atoms with Crippen molar-refractivity contribution in [2.75, 3.05) is 10.6 Å². The number of hydrogen-bond donors (Lipinski definition) is 2. The van der Waals surface area contributed by atoms with Crippen molar-refractivity contribution < 1.29 is 4.79 Å². The quantitative estimate of drug-likeness (QED) is 0.629. The number of rotatable bonds is 4. The van der Waals surface area contributed by atoms with Crippen molar-refractivity contribution in [3.63, 3.8) is 0 Å². The Morgan fingerprint density at radius 1 is 1.08 bits per heavy atom. The number of amides is 1. The van der Waals surface area contributed by atoms with E-state index in [9.17, 15) is 4.79 Å². The highest BCUT2D eigenvalue weighted by Crippen LogP contribution is 2.27. The number of halogens is 2. The summed E-state index contributed by atoms with van der Waals surface area (Å²) in [4.78, 5) is 20.9. The number of nitrogens with zero attached hydrogens (tertiary/aromatic N) is 2. The van der Waals surface area contributed by atoms with Crippen LogP contribution in [0.1, 0.15) is 21.6 Å². The minimum Gasteiger partial charge on any atom is -0.324 e. The van der Waals surface area contributed by atoms with Crippen molar-refractivity contribution in [3.05, 3.63) is 75.5 Å². The molecule has 0 radical (unpaired) electrons. The van der Waals surface area contributed by atoms with Crippen LogP contribution in [-0.4, -0.2) is 15.9 Å². The molecule has 0 aliphatic carbocycles. The smallest absolute Gasteiger partial charge is 0.274 e. The van der Waals surface area contributed by atoms with Gasteiger partial charge in [0.05, 0.1) is 10.7 Å². The topological polar surface area (TPSA) is 66.9 Å². The van der Waals surface area contributed by atoms with Gasteiger partial charge in [-0.2, -0.15) is 0 Å². The van der Waals surface area contributed by atoms with Crippen molar-refractivity contribution in [2.24, 2.45) is 0 Å². The highest BCUT2D eigenvalue weighted by atomic mass is 35.5. The zero-order valence-electron chi connectivity index (χ0n) is 14.2. The first-order valence-electron chi connectivity index (χ1n) is 7.86. The molecule has 0 unspecified atom stereocenters. The van der Waals surface area contributed by atoms with Gasteiger partial charge < -0.3 is 10.6 Å². The molecule has 5 nitrogen and oxygen atoms in total. The van der Waals surface area contributed by atoms with Gasteiger partial charge in [0.15, 0.2) is 0 Å². The molecule has 0 bridgehead atoms. The van der Waals surface area contributed by atoms with Crippen LogP contribution in [0.15, 0.2) is 48.7 Å². The zero-order valence-corrected chi connectivity index (χ0v) is 15.7. The first-order valence-corrected chi connectivity index (χ1v) is 8.62. The van der Waals surface area contributed by atoms with Gasteiger partial charge in [0.1, 0.15) is 5.69 Å². The van der Waals surface area contributed by atoms with Gasteiger partial charge in [-0.25, -0.2) is 9.97 Å². The van der Waals surface area contributed by atoms with E-state index in [1.807, 2.05) is 32.0 Å². The summed E-state index contributed by atoms with van der Waals surface area (Å²) < 4.78 is 0. The van der Waals surface area contributed by atoms with Gasteiger partial charge in [-0.3, -0.25) is 4.79 Å². The molecule has 3 aromatic rings. The van der Waals surface area contributed by atoms with Crippen LogP contribution in [0, 0.1) is 13.8 Å². The average molecular weight is 387 g/mol. The second-order valence-corrected chi connectivity index (χ2v) is 6.64. The van der Waals surface area contributed by atoms with Gasteiger partial charge in [-0.15, -0.1) is 0 Å². The van der Waals surface area contributed by atoms with Crippen LogP contribution >= 0.6 is 23.2 Å². The number of carbonyl (C=O) groups is 1. The molecular formula is C19H16Cl2N4O. The molecule has 0 atom stereocenters. The summed E-state index contributed by atoms with van der Waals surface area (Å²) in [5.41, 5.74) is 3.44. The normalized spacial score (nSPS) is 10.5. The first kappa shape index (κ1) is 18.2. The molecule has 0 saturated heterocycles. The molecule has 1 heterocycles. The van der Waals surface area contributed by atoms with E-state index in [1.165, 1.54) is 12.3 Å². The first-order chi connectivity index (χ1) is 12.4. The maximum atomic E-state index is 12.6. The third kappa shape index (κ3) is 4.31. The Bertz CT molecular complexity index is 952. The summed E-state index contributed by atoms with van der Waals surface area (Å²) in [7, 11) is 0. The Morgan fingerprint density at radius 3 is 2.62 bits per heavy atom. The van der Waals surface area contributed by atoms with E-state index >= 15 is 0 Å². The average Bonchev–Trinajstić information content (AvgIpc) is 2.58. The van der Waals surface area contributed by atoms with E-state index in [2.05, 4.69) is 20.6 Å². The lowest BCUT2D eigenvalue weighted by Crippen LogP contribution is -2.16. The van der Waals surface area contributed by atoms with Crippen LogP contribution in [-0.2, 0) is 0 Å². The monoisotopic (exact) mass is 386 g/mol. The standard InChI is InChI=1S/C19H16Cl2N4O/c1-11-8-12(2)17(15(21)9-11)25-18(26)16-6-7-22-19(24-16)23-14-5-3-4-13(20)10-14/h3-10H,1-2H3,(H,25,26)(H,22,23,24). The molecule has 3 rings (SSSR count). The zero-order chi connectivity index (χ0) is 18.7. The van der Waals surface area contributed by atoms with Crippen molar-refractivity contribution >= 4 is 46.4 Å². The maximum absolute atomic E-state index is 12.6. The third-order valence-corrected chi connectivity index (χ3v) is 4.17. The Hall–Kier alpha value is -2.63. The van der Waals surface area contributed by atoms with Gasteiger partial charge >= 0.3 is 0 Å². The summed E-state index contributed by atoms with van der Waals surface area (Å²) in [5, 5.41) is 6.91. The van der Waals surface area contributed by atoms with Crippen LogP contribution in [0.2, 0.25) is 10.0 Å². The number of benzene rings is 2. The van der Waals surface area contributed by atoms with Gasteiger partial charge in [0.25, 0.3) is 5.91 Å². The molecule has 26 heavy (non-hydrogen) atoms. The highest BCUT2D eigenvalue weighted by Gasteiger charge is 2.13. The minimum atomic E-state index is -0.365. The van der Waals surface area contributed by atoms with E-state index in [0.717, 1.165) is 16.8 Å².